The van der Waals surface area contributed by atoms with Crippen molar-refractivity contribution in [2.24, 2.45) is 17.8 Å². The van der Waals surface area contributed by atoms with E-state index in [1.165, 1.54) is 0 Å². The molecule has 1 aromatic carbocycles. The smallest absolute Gasteiger partial charge is 0.263 e. The van der Waals surface area contributed by atoms with Crippen LogP contribution in [0.5, 0.6) is 5.75 Å². The first-order chi connectivity index (χ1) is 14.1. The normalized spacial score (nSPS) is 32.0. The summed E-state index contributed by atoms with van der Waals surface area (Å²) >= 11 is 6.04. The van der Waals surface area contributed by atoms with Crippen molar-refractivity contribution in [3.63, 3.8) is 0 Å². The van der Waals surface area contributed by atoms with Crippen molar-refractivity contribution in [3.05, 3.63) is 28.8 Å². The molecule has 5 rings (SSSR count). The maximum absolute atomic E-state index is 13.2. The van der Waals surface area contributed by atoms with Crippen LogP contribution in [-0.2, 0) is 9.59 Å². The topological polar surface area (TPSA) is 67.4 Å². The molecule has 2 N–H and O–H groups in total. The Morgan fingerprint density at radius 3 is 2.47 bits per heavy atom. The Morgan fingerprint density at radius 2 is 1.87 bits per heavy atom. The van der Waals surface area contributed by atoms with Crippen LogP contribution in [-0.4, -0.2) is 29.0 Å². The average molecular weight is 433 g/mol. The lowest BCUT2D eigenvalue weighted by molar-refractivity contribution is -0.140. The highest BCUT2D eigenvalue weighted by Gasteiger charge is 2.56. The third kappa shape index (κ3) is 4.05. The number of halogens is 1. The molecule has 4 aliphatic rings. The Bertz CT molecular complexity index is 837. The van der Waals surface area contributed by atoms with Gasteiger partial charge in [-0.1, -0.05) is 18.5 Å². The van der Waals surface area contributed by atoms with Gasteiger partial charge in [0.1, 0.15) is 5.75 Å². The molecule has 4 bridgehead atoms. The fraction of sp³-hybridized carbons (Fsp3) is 0.667. The van der Waals surface area contributed by atoms with Gasteiger partial charge in [-0.15, -0.1) is 0 Å². The average Bonchev–Trinajstić information content (AvgIpc) is 2.65. The molecule has 0 radical (unpaired) electrons. The minimum Gasteiger partial charge on any atom is -0.478 e. The monoisotopic (exact) mass is 432 g/mol. The van der Waals surface area contributed by atoms with Crippen LogP contribution in [0.3, 0.4) is 0 Å². The molecule has 1 aromatic rings. The zero-order valence-corrected chi connectivity index (χ0v) is 19.1. The summed E-state index contributed by atoms with van der Waals surface area (Å²) in [4.78, 5) is 25.3. The summed E-state index contributed by atoms with van der Waals surface area (Å²) in [5.41, 5.74) is -0.134. The molecule has 6 heteroatoms. The van der Waals surface area contributed by atoms with Crippen molar-refractivity contribution in [1.29, 1.82) is 0 Å². The summed E-state index contributed by atoms with van der Waals surface area (Å²) in [6, 6.07) is 5.59. The largest absolute Gasteiger partial charge is 0.478 e. The first-order valence-corrected chi connectivity index (χ1v) is 11.6. The van der Waals surface area contributed by atoms with E-state index in [4.69, 9.17) is 16.3 Å². The van der Waals surface area contributed by atoms with Crippen LogP contribution in [0.25, 0.3) is 0 Å². The number of amides is 2. The van der Waals surface area contributed by atoms with E-state index < -0.39 is 5.60 Å². The van der Waals surface area contributed by atoms with E-state index in [0.717, 1.165) is 37.7 Å². The lowest BCUT2D eigenvalue weighted by Gasteiger charge is -2.60. The number of carbonyl (C=O) groups excluding carboxylic acids is 2. The molecular formula is C24H33ClN2O3. The molecule has 3 unspecified atom stereocenters. The zero-order chi connectivity index (χ0) is 21.7. The van der Waals surface area contributed by atoms with E-state index in [1.54, 1.807) is 6.07 Å². The highest BCUT2D eigenvalue weighted by atomic mass is 35.5. The molecule has 164 valence electrons. The van der Waals surface area contributed by atoms with Gasteiger partial charge >= 0.3 is 0 Å². The quantitative estimate of drug-likeness (QED) is 0.700. The van der Waals surface area contributed by atoms with Crippen LogP contribution in [0, 0.1) is 24.7 Å². The fourth-order valence-electron chi connectivity index (χ4n) is 6.17. The Balaban J connectivity index is 1.44. The SMILES string of the molecule is CCC(=O)NC12CC3C[C@H](C1)C(NC(=O)C(C)(C)Oc1ccc(Cl)cc1C)[C@@H](C3)C2. The van der Waals surface area contributed by atoms with Gasteiger partial charge < -0.3 is 15.4 Å². The number of hydrogen-bond donors (Lipinski definition) is 2. The molecule has 30 heavy (non-hydrogen) atoms. The lowest BCUT2D eigenvalue weighted by atomic mass is 9.51. The molecule has 5 atom stereocenters. The first-order valence-electron chi connectivity index (χ1n) is 11.2. The molecule has 0 saturated heterocycles. The molecule has 4 aliphatic carbocycles. The van der Waals surface area contributed by atoms with Gasteiger partial charge in [-0.05, 0) is 94.4 Å². The van der Waals surface area contributed by atoms with Crippen LogP contribution in [0.4, 0.5) is 0 Å². The van der Waals surface area contributed by atoms with E-state index >= 15 is 0 Å². The summed E-state index contributed by atoms with van der Waals surface area (Å²) in [6.45, 7) is 7.46. The van der Waals surface area contributed by atoms with Crippen LogP contribution >= 0.6 is 11.6 Å². The van der Waals surface area contributed by atoms with Crippen molar-refractivity contribution in [3.8, 4) is 5.75 Å². The second kappa shape index (κ2) is 7.74. The molecule has 0 spiro atoms. The molecule has 0 aliphatic heterocycles. The first kappa shape index (κ1) is 21.5. The van der Waals surface area contributed by atoms with Crippen LogP contribution in [0.1, 0.15) is 64.9 Å². The Hall–Kier alpha value is -1.75. The predicted molar refractivity (Wildman–Crippen MR) is 118 cm³/mol. The Labute approximate surface area is 184 Å². The lowest BCUT2D eigenvalue weighted by Crippen LogP contribution is -2.67. The number of rotatable bonds is 6. The summed E-state index contributed by atoms with van der Waals surface area (Å²) in [5.74, 6) is 2.24. The Morgan fingerprint density at radius 1 is 1.20 bits per heavy atom. The highest BCUT2D eigenvalue weighted by Crippen LogP contribution is 2.55. The number of benzene rings is 1. The molecule has 0 aromatic heterocycles. The van der Waals surface area contributed by atoms with Crippen molar-refractivity contribution in [2.75, 3.05) is 0 Å². The van der Waals surface area contributed by atoms with E-state index in [9.17, 15) is 9.59 Å². The van der Waals surface area contributed by atoms with Crippen LogP contribution < -0.4 is 15.4 Å². The van der Waals surface area contributed by atoms with Crippen molar-refractivity contribution in [2.45, 2.75) is 83.4 Å². The second-order valence-corrected chi connectivity index (χ2v) is 10.6. The molecule has 0 heterocycles. The van der Waals surface area contributed by atoms with Gasteiger partial charge in [0.05, 0.1) is 0 Å². The van der Waals surface area contributed by atoms with Gasteiger partial charge in [-0.3, -0.25) is 9.59 Å². The summed E-state index contributed by atoms with van der Waals surface area (Å²) < 4.78 is 6.10. The number of hydrogen-bond acceptors (Lipinski definition) is 3. The molecular weight excluding hydrogens is 400 g/mol. The summed E-state index contributed by atoms with van der Waals surface area (Å²) in [6.07, 6.45) is 5.84. The number of carbonyl (C=O) groups is 2. The number of ether oxygens (including phenoxy) is 1. The van der Waals surface area contributed by atoms with Crippen LogP contribution in [0.15, 0.2) is 18.2 Å². The van der Waals surface area contributed by atoms with E-state index in [0.29, 0.717) is 34.9 Å². The van der Waals surface area contributed by atoms with Crippen molar-refractivity contribution in [1.82, 2.24) is 10.6 Å². The van der Waals surface area contributed by atoms with E-state index in [1.807, 2.05) is 39.8 Å². The molecule has 2 amide bonds. The van der Waals surface area contributed by atoms with Gasteiger partial charge in [0, 0.05) is 23.0 Å². The van der Waals surface area contributed by atoms with Gasteiger partial charge in [-0.25, -0.2) is 0 Å². The van der Waals surface area contributed by atoms with Gasteiger partial charge in [0.15, 0.2) is 5.60 Å². The number of nitrogens with one attached hydrogen (secondary N) is 2. The predicted octanol–water partition coefficient (Wildman–Crippen LogP) is 4.40. The standard InChI is InChI=1S/C24H33ClN2O3/c1-5-20(28)27-24-11-15-9-16(12-24)21(17(10-15)13-24)26-22(29)23(3,4)30-19-7-6-18(25)8-14(19)2/h6-8,15-17,21H,5,9-13H2,1-4H3,(H,26,29)(H,27,28)/t15?,16-,17+,21?,24?. The molecule has 5 nitrogen and oxygen atoms in total. The number of aryl methyl sites for hydroxylation is 1. The van der Waals surface area contributed by atoms with E-state index in [-0.39, 0.29) is 23.4 Å². The van der Waals surface area contributed by atoms with Crippen molar-refractivity contribution < 1.29 is 14.3 Å². The minimum atomic E-state index is -0.985. The van der Waals surface area contributed by atoms with Crippen LogP contribution in [0.2, 0.25) is 5.02 Å². The van der Waals surface area contributed by atoms with Gasteiger partial charge in [0.25, 0.3) is 5.91 Å². The maximum Gasteiger partial charge on any atom is 0.263 e. The summed E-state index contributed by atoms with van der Waals surface area (Å²) in [7, 11) is 0. The van der Waals surface area contributed by atoms with Gasteiger partial charge in [0.2, 0.25) is 5.91 Å². The van der Waals surface area contributed by atoms with E-state index in [2.05, 4.69) is 10.6 Å². The zero-order valence-electron chi connectivity index (χ0n) is 18.4. The summed E-state index contributed by atoms with van der Waals surface area (Å²) in [5, 5.41) is 7.32. The highest BCUT2D eigenvalue weighted by molar-refractivity contribution is 6.30. The third-order valence-electron chi connectivity index (χ3n) is 7.35. The molecule has 4 fully saturated rings. The van der Waals surface area contributed by atoms with Gasteiger partial charge in [-0.2, -0.15) is 0 Å². The Kier molecular flexibility index (Phi) is 5.54. The van der Waals surface area contributed by atoms with Crippen molar-refractivity contribution >= 4 is 23.4 Å². The fourth-order valence-corrected chi connectivity index (χ4v) is 6.40. The molecule has 4 saturated carbocycles. The second-order valence-electron chi connectivity index (χ2n) is 10.2. The minimum absolute atomic E-state index is 0.0583. The third-order valence-corrected chi connectivity index (χ3v) is 7.58. The maximum atomic E-state index is 13.2.